The highest BCUT2D eigenvalue weighted by molar-refractivity contribution is 6.35. The van der Waals surface area contributed by atoms with Crippen molar-refractivity contribution in [2.45, 2.75) is 12.3 Å². The maximum absolute atomic E-state index is 11.4. The van der Waals surface area contributed by atoms with Gasteiger partial charge in [-0.3, -0.25) is 4.79 Å². The number of hydrogen-bond acceptors (Lipinski definition) is 1. The van der Waals surface area contributed by atoms with Gasteiger partial charge in [0, 0.05) is 10.0 Å². The zero-order valence-electron chi connectivity index (χ0n) is 10.0. The lowest BCUT2D eigenvalue weighted by atomic mass is 9.92. The van der Waals surface area contributed by atoms with Crippen LogP contribution in [0.5, 0.6) is 0 Å². The van der Waals surface area contributed by atoms with Crippen molar-refractivity contribution in [3.05, 3.63) is 69.7 Å². The summed E-state index contributed by atoms with van der Waals surface area (Å²) in [6.45, 7) is 0. The number of carboxylic acid groups (broad SMARTS) is 1. The number of rotatable bonds is 4. The SMILES string of the molecule is O=C(O)C(Cc1ccc(Cl)cc1Cl)c1ccccc1. The Kier molecular flexibility index (Phi) is 4.46. The van der Waals surface area contributed by atoms with Crippen molar-refractivity contribution in [1.29, 1.82) is 0 Å². The van der Waals surface area contributed by atoms with Gasteiger partial charge < -0.3 is 5.11 Å². The van der Waals surface area contributed by atoms with Gasteiger partial charge in [-0.2, -0.15) is 0 Å². The first-order chi connectivity index (χ1) is 9.08. The molecule has 0 aliphatic rings. The van der Waals surface area contributed by atoms with Gasteiger partial charge >= 0.3 is 5.97 Å². The van der Waals surface area contributed by atoms with E-state index in [-0.39, 0.29) is 0 Å². The Bertz CT molecular complexity index is 582. The number of hydrogen-bond donors (Lipinski definition) is 1. The van der Waals surface area contributed by atoms with Crippen LogP contribution in [0.25, 0.3) is 0 Å². The van der Waals surface area contributed by atoms with Crippen molar-refractivity contribution in [2.24, 2.45) is 0 Å². The lowest BCUT2D eigenvalue weighted by Gasteiger charge is -2.14. The number of benzene rings is 2. The molecule has 2 aromatic carbocycles. The first-order valence-corrected chi connectivity index (χ1v) is 6.55. The Labute approximate surface area is 121 Å². The van der Waals surface area contributed by atoms with Crippen molar-refractivity contribution in [3.8, 4) is 0 Å². The Morgan fingerprint density at radius 3 is 2.37 bits per heavy atom. The summed E-state index contributed by atoms with van der Waals surface area (Å²) >= 11 is 11.9. The maximum Gasteiger partial charge on any atom is 0.311 e. The van der Waals surface area contributed by atoms with E-state index in [2.05, 4.69) is 0 Å². The first kappa shape index (κ1) is 13.9. The minimum Gasteiger partial charge on any atom is -0.481 e. The van der Waals surface area contributed by atoms with Crippen molar-refractivity contribution < 1.29 is 9.90 Å². The fourth-order valence-corrected chi connectivity index (χ4v) is 2.43. The van der Waals surface area contributed by atoms with E-state index >= 15 is 0 Å². The van der Waals surface area contributed by atoms with Crippen molar-refractivity contribution in [2.75, 3.05) is 0 Å². The average molecular weight is 295 g/mol. The molecule has 0 aliphatic carbocycles. The highest BCUT2D eigenvalue weighted by Crippen LogP contribution is 2.27. The van der Waals surface area contributed by atoms with Gasteiger partial charge in [0.25, 0.3) is 0 Å². The smallest absolute Gasteiger partial charge is 0.311 e. The normalized spacial score (nSPS) is 12.1. The quantitative estimate of drug-likeness (QED) is 0.907. The first-order valence-electron chi connectivity index (χ1n) is 5.79. The number of aliphatic carboxylic acids is 1. The third kappa shape index (κ3) is 3.49. The molecule has 2 aromatic rings. The summed E-state index contributed by atoms with van der Waals surface area (Å²) in [4.78, 5) is 11.4. The van der Waals surface area contributed by atoms with E-state index < -0.39 is 11.9 Å². The van der Waals surface area contributed by atoms with E-state index in [9.17, 15) is 9.90 Å². The van der Waals surface area contributed by atoms with Gasteiger partial charge in [-0.15, -0.1) is 0 Å². The summed E-state index contributed by atoms with van der Waals surface area (Å²) in [5.41, 5.74) is 1.54. The van der Waals surface area contributed by atoms with Gasteiger partial charge in [0.2, 0.25) is 0 Å². The van der Waals surface area contributed by atoms with Gasteiger partial charge in [0.15, 0.2) is 0 Å². The molecule has 0 spiro atoms. The number of halogens is 2. The van der Waals surface area contributed by atoms with E-state index in [0.29, 0.717) is 16.5 Å². The van der Waals surface area contributed by atoms with Crippen LogP contribution in [0.2, 0.25) is 10.0 Å². The van der Waals surface area contributed by atoms with Gasteiger partial charge in [-0.25, -0.2) is 0 Å². The second kappa shape index (κ2) is 6.09. The van der Waals surface area contributed by atoms with Crippen LogP contribution in [0.15, 0.2) is 48.5 Å². The molecular weight excluding hydrogens is 283 g/mol. The van der Waals surface area contributed by atoms with Crippen LogP contribution in [0.1, 0.15) is 17.0 Å². The lowest BCUT2D eigenvalue weighted by Crippen LogP contribution is -2.14. The molecule has 0 bridgehead atoms. The van der Waals surface area contributed by atoms with Gasteiger partial charge in [-0.05, 0) is 29.7 Å². The molecule has 0 aromatic heterocycles. The second-order valence-electron chi connectivity index (χ2n) is 4.24. The fraction of sp³-hybridized carbons (Fsp3) is 0.133. The molecule has 1 atom stereocenters. The Morgan fingerprint density at radius 1 is 1.11 bits per heavy atom. The minimum atomic E-state index is -0.864. The van der Waals surface area contributed by atoms with Crippen LogP contribution < -0.4 is 0 Å². The molecule has 19 heavy (non-hydrogen) atoms. The highest BCUT2D eigenvalue weighted by Gasteiger charge is 2.21. The standard InChI is InChI=1S/C15H12Cl2O2/c16-12-7-6-11(14(17)9-12)8-13(15(18)19)10-4-2-1-3-5-10/h1-7,9,13H,8H2,(H,18,19). The van der Waals surface area contributed by atoms with E-state index in [1.165, 1.54) is 0 Å². The highest BCUT2D eigenvalue weighted by atomic mass is 35.5. The molecule has 0 fully saturated rings. The molecule has 0 saturated carbocycles. The van der Waals surface area contributed by atoms with Crippen molar-refractivity contribution >= 4 is 29.2 Å². The van der Waals surface area contributed by atoms with Gasteiger partial charge in [0.1, 0.15) is 0 Å². The van der Waals surface area contributed by atoms with Gasteiger partial charge in [-0.1, -0.05) is 59.6 Å². The van der Waals surface area contributed by atoms with E-state index in [4.69, 9.17) is 23.2 Å². The third-order valence-corrected chi connectivity index (χ3v) is 3.53. The molecule has 2 rings (SSSR count). The van der Waals surface area contributed by atoms with Crippen LogP contribution >= 0.6 is 23.2 Å². The van der Waals surface area contributed by atoms with E-state index in [0.717, 1.165) is 11.1 Å². The summed E-state index contributed by atoms with van der Waals surface area (Å²) in [7, 11) is 0. The third-order valence-electron chi connectivity index (χ3n) is 2.94. The molecule has 0 heterocycles. The van der Waals surface area contributed by atoms with E-state index in [1.807, 2.05) is 30.3 Å². The molecule has 2 nitrogen and oxygen atoms in total. The molecule has 4 heteroatoms. The van der Waals surface area contributed by atoms with Gasteiger partial charge in [0.05, 0.1) is 5.92 Å². The van der Waals surface area contributed by atoms with Crippen LogP contribution in [0.3, 0.4) is 0 Å². The van der Waals surface area contributed by atoms with E-state index in [1.54, 1.807) is 18.2 Å². The molecule has 98 valence electrons. The zero-order valence-corrected chi connectivity index (χ0v) is 11.5. The van der Waals surface area contributed by atoms with Crippen LogP contribution in [0, 0.1) is 0 Å². The molecule has 1 N–H and O–H groups in total. The molecule has 0 aliphatic heterocycles. The fourth-order valence-electron chi connectivity index (χ4n) is 1.94. The summed E-state index contributed by atoms with van der Waals surface area (Å²) in [6.07, 6.45) is 0.343. The summed E-state index contributed by atoms with van der Waals surface area (Å²) in [5.74, 6) is -1.47. The Morgan fingerprint density at radius 2 is 1.79 bits per heavy atom. The number of carboxylic acids is 1. The molecule has 0 radical (unpaired) electrons. The molecule has 1 unspecified atom stereocenters. The molecular formula is C15H12Cl2O2. The topological polar surface area (TPSA) is 37.3 Å². The lowest BCUT2D eigenvalue weighted by molar-refractivity contribution is -0.138. The molecule has 0 saturated heterocycles. The van der Waals surface area contributed by atoms with Crippen LogP contribution in [-0.4, -0.2) is 11.1 Å². The zero-order chi connectivity index (χ0) is 13.8. The molecule has 0 amide bonds. The summed E-state index contributed by atoms with van der Waals surface area (Å²) in [5, 5.41) is 10.4. The van der Waals surface area contributed by atoms with Crippen molar-refractivity contribution in [3.63, 3.8) is 0 Å². The second-order valence-corrected chi connectivity index (χ2v) is 5.08. The van der Waals surface area contributed by atoms with Crippen LogP contribution in [0.4, 0.5) is 0 Å². The Balaban J connectivity index is 2.29. The predicted molar refractivity (Wildman–Crippen MR) is 77.0 cm³/mol. The maximum atomic E-state index is 11.4. The Hall–Kier alpha value is -1.51. The predicted octanol–water partition coefficient (Wildman–Crippen LogP) is 4.40. The largest absolute Gasteiger partial charge is 0.481 e. The summed E-state index contributed by atoms with van der Waals surface area (Å²) < 4.78 is 0. The number of carbonyl (C=O) groups is 1. The van der Waals surface area contributed by atoms with Crippen molar-refractivity contribution in [1.82, 2.24) is 0 Å². The monoisotopic (exact) mass is 294 g/mol. The summed E-state index contributed by atoms with van der Waals surface area (Å²) in [6, 6.07) is 14.2. The van der Waals surface area contributed by atoms with Crippen LogP contribution in [-0.2, 0) is 11.2 Å². The minimum absolute atomic E-state index is 0.343. The average Bonchev–Trinajstić information content (AvgIpc) is 2.38.